The SMILES string of the molecule is O=C(OCc1ccccc1)C(C(=O)OCc1ccccc1)[C@H]1CCCC=C1c1ccc(F)cc1. The van der Waals surface area contributed by atoms with Crippen molar-refractivity contribution < 1.29 is 23.5 Å². The molecule has 1 aliphatic carbocycles. The number of ether oxygens (including phenoxy) is 2. The van der Waals surface area contributed by atoms with Crippen molar-refractivity contribution in [1.29, 1.82) is 0 Å². The highest BCUT2D eigenvalue weighted by molar-refractivity contribution is 5.97. The summed E-state index contributed by atoms with van der Waals surface area (Å²) in [6.07, 6.45) is 4.33. The van der Waals surface area contributed by atoms with Crippen molar-refractivity contribution in [1.82, 2.24) is 0 Å². The van der Waals surface area contributed by atoms with Crippen LogP contribution in [0.4, 0.5) is 4.39 Å². The van der Waals surface area contributed by atoms with Gasteiger partial charge in [0.1, 0.15) is 19.0 Å². The Balaban J connectivity index is 1.57. The van der Waals surface area contributed by atoms with E-state index in [1.54, 1.807) is 12.1 Å². The summed E-state index contributed by atoms with van der Waals surface area (Å²) in [5.41, 5.74) is 3.32. The summed E-state index contributed by atoms with van der Waals surface area (Å²) in [4.78, 5) is 26.6. The Morgan fingerprint density at radius 3 is 1.85 bits per heavy atom. The molecule has 4 rings (SSSR count). The Hall–Kier alpha value is -3.73. The van der Waals surface area contributed by atoms with E-state index in [0.717, 1.165) is 35.1 Å². The zero-order chi connectivity index (χ0) is 23.8. The minimum Gasteiger partial charge on any atom is -0.460 e. The Labute approximate surface area is 199 Å². The molecular formula is C29H27FO4. The maximum Gasteiger partial charge on any atom is 0.321 e. The number of esters is 2. The molecule has 0 aromatic heterocycles. The molecule has 4 nitrogen and oxygen atoms in total. The fourth-order valence-corrected chi connectivity index (χ4v) is 4.28. The molecular weight excluding hydrogens is 431 g/mol. The summed E-state index contributed by atoms with van der Waals surface area (Å²) in [5, 5.41) is 0. The van der Waals surface area contributed by atoms with Crippen LogP contribution in [0.5, 0.6) is 0 Å². The molecule has 0 saturated carbocycles. The Morgan fingerprint density at radius 2 is 1.32 bits per heavy atom. The van der Waals surface area contributed by atoms with Gasteiger partial charge in [0.25, 0.3) is 0 Å². The second kappa shape index (κ2) is 11.4. The van der Waals surface area contributed by atoms with Gasteiger partial charge in [-0.2, -0.15) is 0 Å². The lowest BCUT2D eigenvalue weighted by atomic mass is 9.76. The van der Waals surface area contributed by atoms with Gasteiger partial charge in [0.2, 0.25) is 0 Å². The summed E-state index contributed by atoms with van der Waals surface area (Å²) < 4.78 is 24.7. The maximum absolute atomic E-state index is 13.5. The van der Waals surface area contributed by atoms with Crippen molar-refractivity contribution in [3.8, 4) is 0 Å². The van der Waals surface area contributed by atoms with Crippen LogP contribution in [0, 0.1) is 17.7 Å². The summed E-state index contributed by atoms with van der Waals surface area (Å²) in [6.45, 7) is 0.148. The molecule has 3 aromatic rings. The van der Waals surface area contributed by atoms with E-state index < -0.39 is 23.8 Å². The van der Waals surface area contributed by atoms with E-state index in [1.807, 2.05) is 66.7 Å². The molecule has 0 unspecified atom stereocenters. The van der Waals surface area contributed by atoms with Gasteiger partial charge in [-0.25, -0.2) is 4.39 Å². The van der Waals surface area contributed by atoms with Crippen molar-refractivity contribution in [3.63, 3.8) is 0 Å². The van der Waals surface area contributed by atoms with Crippen LogP contribution in [0.1, 0.15) is 36.0 Å². The van der Waals surface area contributed by atoms with Crippen molar-refractivity contribution in [3.05, 3.63) is 114 Å². The van der Waals surface area contributed by atoms with Crippen LogP contribution in [-0.4, -0.2) is 11.9 Å². The molecule has 0 spiro atoms. The summed E-state index contributed by atoms with van der Waals surface area (Å²) >= 11 is 0. The molecule has 0 heterocycles. The normalized spacial score (nSPS) is 15.5. The first-order valence-corrected chi connectivity index (χ1v) is 11.5. The monoisotopic (exact) mass is 458 g/mol. The van der Waals surface area contributed by atoms with E-state index >= 15 is 0 Å². The van der Waals surface area contributed by atoms with Crippen LogP contribution in [0.15, 0.2) is 91.0 Å². The van der Waals surface area contributed by atoms with Gasteiger partial charge in [-0.15, -0.1) is 0 Å². The van der Waals surface area contributed by atoms with Crippen LogP contribution in [0.2, 0.25) is 0 Å². The minimum atomic E-state index is -1.11. The zero-order valence-corrected chi connectivity index (χ0v) is 18.9. The third-order valence-corrected chi connectivity index (χ3v) is 6.02. The van der Waals surface area contributed by atoms with E-state index in [9.17, 15) is 14.0 Å². The van der Waals surface area contributed by atoms with E-state index in [-0.39, 0.29) is 19.0 Å². The summed E-state index contributed by atoms with van der Waals surface area (Å²) in [7, 11) is 0. The number of carbonyl (C=O) groups excluding carboxylic acids is 2. The molecule has 0 radical (unpaired) electrons. The average molecular weight is 459 g/mol. The molecule has 174 valence electrons. The number of benzene rings is 3. The lowest BCUT2D eigenvalue weighted by molar-refractivity contribution is -0.165. The van der Waals surface area contributed by atoms with Crippen molar-refractivity contribution in [2.24, 2.45) is 11.8 Å². The topological polar surface area (TPSA) is 52.6 Å². The average Bonchev–Trinajstić information content (AvgIpc) is 2.88. The Bertz CT molecular complexity index is 1070. The fourth-order valence-electron chi connectivity index (χ4n) is 4.28. The number of allylic oxidation sites excluding steroid dienone is 2. The Morgan fingerprint density at radius 1 is 0.794 bits per heavy atom. The number of rotatable bonds is 8. The van der Waals surface area contributed by atoms with Crippen LogP contribution in [0.3, 0.4) is 0 Å². The van der Waals surface area contributed by atoms with Gasteiger partial charge in [-0.3, -0.25) is 9.59 Å². The quantitative estimate of drug-likeness (QED) is 0.302. The third-order valence-electron chi connectivity index (χ3n) is 6.02. The van der Waals surface area contributed by atoms with Gasteiger partial charge >= 0.3 is 11.9 Å². The first kappa shape index (κ1) is 23.4. The van der Waals surface area contributed by atoms with E-state index in [1.165, 1.54) is 12.1 Å². The van der Waals surface area contributed by atoms with Gasteiger partial charge < -0.3 is 9.47 Å². The molecule has 0 bridgehead atoms. The molecule has 0 saturated heterocycles. The third kappa shape index (κ3) is 5.98. The van der Waals surface area contributed by atoms with E-state index in [0.29, 0.717) is 6.42 Å². The first-order valence-electron chi connectivity index (χ1n) is 11.5. The van der Waals surface area contributed by atoms with Gasteiger partial charge in [0, 0.05) is 5.92 Å². The summed E-state index contributed by atoms with van der Waals surface area (Å²) in [6, 6.07) is 24.8. The van der Waals surface area contributed by atoms with E-state index in [2.05, 4.69) is 0 Å². The molecule has 0 amide bonds. The van der Waals surface area contributed by atoms with Crippen LogP contribution in [0.25, 0.3) is 5.57 Å². The van der Waals surface area contributed by atoms with Gasteiger partial charge in [0.15, 0.2) is 5.92 Å². The van der Waals surface area contributed by atoms with Crippen LogP contribution >= 0.6 is 0 Å². The summed E-state index contributed by atoms with van der Waals surface area (Å²) in [5.74, 6) is -3.07. The predicted molar refractivity (Wildman–Crippen MR) is 128 cm³/mol. The molecule has 0 aliphatic heterocycles. The molecule has 3 aromatic carbocycles. The molecule has 5 heteroatoms. The van der Waals surface area contributed by atoms with Crippen molar-refractivity contribution >= 4 is 17.5 Å². The number of hydrogen-bond donors (Lipinski definition) is 0. The predicted octanol–water partition coefficient (Wildman–Crippen LogP) is 6.11. The van der Waals surface area contributed by atoms with E-state index in [4.69, 9.17) is 9.47 Å². The first-order chi connectivity index (χ1) is 16.6. The molecule has 1 aliphatic rings. The lowest BCUT2D eigenvalue weighted by Crippen LogP contribution is -2.35. The largest absolute Gasteiger partial charge is 0.460 e. The smallest absolute Gasteiger partial charge is 0.321 e. The highest BCUT2D eigenvalue weighted by Crippen LogP contribution is 2.39. The van der Waals surface area contributed by atoms with Gasteiger partial charge in [-0.05, 0) is 53.7 Å². The van der Waals surface area contributed by atoms with Gasteiger partial charge in [-0.1, -0.05) is 78.9 Å². The number of hydrogen-bond acceptors (Lipinski definition) is 4. The fraction of sp³-hybridized carbons (Fsp3) is 0.241. The minimum absolute atomic E-state index is 0.0739. The highest BCUT2D eigenvalue weighted by Gasteiger charge is 2.40. The Kier molecular flexibility index (Phi) is 7.87. The standard InChI is InChI=1S/C29H27FO4/c30-24-17-15-23(16-18-24)25-13-7-8-14-26(25)27(28(31)33-19-21-9-3-1-4-10-21)29(32)34-20-22-11-5-2-6-12-22/h1-6,9-13,15-18,26-27H,7-8,14,19-20H2/t26-/m0/s1. The number of carbonyl (C=O) groups is 2. The molecule has 1 atom stereocenters. The van der Waals surface area contributed by atoms with Crippen molar-refractivity contribution in [2.45, 2.75) is 32.5 Å². The van der Waals surface area contributed by atoms with Crippen LogP contribution in [-0.2, 0) is 32.3 Å². The van der Waals surface area contributed by atoms with Gasteiger partial charge in [0.05, 0.1) is 0 Å². The second-order valence-electron chi connectivity index (χ2n) is 8.37. The molecule has 0 fully saturated rings. The number of halogens is 1. The highest BCUT2D eigenvalue weighted by atomic mass is 19.1. The maximum atomic E-state index is 13.5. The van der Waals surface area contributed by atoms with Crippen LogP contribution < -0.4 is 0 Å². The zero-order valence-electron chi connectivity index (χ0n) is 18.9. The second-order valence-corrected chi connectivity index (χ2v) is 8.37. The molecule has 0 N–H and O–H groups in total. The lowest BCUT2D eigenvalue weighted by Gasteiger charge is -2.30. The molecule has 34 heavy (non-hydrogen) atoms. The van der Waals surface area contributed by atoms with Crippen molar-refractivity contribution in [2.75, 3.05) is 0 Å².